The zero-order valence-corrected chi connectivity index (χ0v) is 13.0. The lowest BCUT2D eigenvalue weighted by Crippen LogP contribution is -2.37. The smallest absolute Gasteiger partial charge is 0.228 e. The summed E-state index contributed by atoms with van der Waals surface area (Å²) in [5, 5.41) is 8.92. The molecule has 3 N–H and O–H groups in total. The van der Waals surface area contributed by atoms with Gasteiger partial charge in [0, 0.05) is 18.7 Å². The first-order valence-corrected chi connectivity index (χ1v) is 8.21. The monoisotopic (exact) mass is 319 g/mol. The first kappa shape index (κ1) is 15.9. The Morgan fingerprint density at radius 2 is 2.26 bits per heavy atom. The van der Waals surface area contributed by atoms with E-state index in [9.17, 15) is 14.0 Å². The van der Waals surface area contributed by atoms with E-state index < -0.39 is 11.7 Å². The molecular weight excluding hydrogens is 297 g/mol. The van der Waals surface area contributed by atoms with Crippen molar-refractivity contribution in [3.63, 3.8) is 0 Å². The lowest BCUT2D eigenvalue weighted by molar-refractivity contribution is -0.126. The molecule has 124 valence electrons. The number of amides is 2. The Bertz CT molecular complexity index is 600. The highest BCUT2D eigenvalue weighted by atomic mass is 19.1. The van der Waals surface area contributed by atoms with Crippen molar-refractivity contribution in [1.29, 1.82) is 0 Å². The van der Waals surface area contributed by atoms with E-state index in [1.165, 1.54) is 25.0 Å². The molecule has 0 radical (unpaired) electrons. The Kier molecular flexibility index (Phi) is 4.91. The molecular formula is C17H22FN3O2. The summed E-state index contributed by atoms with van der Waals surface area (Å²) in [4.78, 5) is 24.2. The Balaban J connectivity index is 1.60. The van der Waals surface area contributed by atoms with Crippen molar-refractivity contribution in [3.05, 3.63) is 29.6 Å². The highest BCUT2D eigenvalue weighted by molar-refractivity contribution is 6.01. The molecule has 1 aromatic carbocycles. The summed E-state index contributed by atoms with van der Waals surface area (Å²) in [6.07, 6.45) is 3.42. The molecule has 1 aromatic rings. The van der Waals surface area contributed by atoms with Crippen molar-refractivity contribution in [2.24, 2.45) is 5.92 Å². The molecule has 23 heavy (non-hydrogen) atoms. The molecule has 2 amide bonds. The van der Waals surface area contributed by atoms with Crippen LogP contribution in [0.1, 0.15) is 37.2 Å². The van der Waals surface area contributed by atoms with Crippen molar-refractivity contribution < 1.29 is 14.0 Å². The van der Waals surface area contributed by atoms with E-state index in [1.807, 2.05) is 0 Å². The minimum Gasteiger partial charge on any atom is -0.356 e. The van der Waals surface area contributed by atoms with E-state index >= 15 is 0 Å². The van der Waals surface area contributed by atoms with Gasteiger partial charge in [0.15, 0.2) is 0 Å². The second kappa shape index (κ2) is 7.08. The number of nitrogens with one attached hydrogen (secondary N) is 3. The maximum Gasteiger partial charge on any atom is 0.228 e. The SMILES string of the molecule is O=C1CC(C(=O)NCCC2CCCNC2)c2ccc(F)cc2N1. The molecule has 0 bridgehead atoms. The van der Waals surface area contributed by atoms with Crippen LogP contribution in [-0.2, 0) is 9.59 Å². The minimum absolute atomic E-state index is 0.107. The van der Waals surface area contributed by atoms with Crippen LogP contribution in [0.4, 0.5) is 10.1 Å². The standard InChI is InChI=1S/C17H22FN3O2/c18-12-3-4-13-14(9-16(22)21-15(13)8-12)17(23)20-7-5-11-2-1-6-19-10-11/h3-4,8,11,14,19H,1-2,5-7,9-10H2,(H,20,23)(H,21,22). The molecule has 2 heterocycles. The van der Waals surface area contributed by atoms with Crippen LogP contribution >= 0.6 is 0 Å². The highest BCUT2D eigenvalue weighted by Crippen LogP contribution is 2.32. The number of piperidine rings is 1. The van der Waals surface area contributed by atoms with Crippen molar-refractivity contribution >= 4 is 17.5 Å². The molecule has 3 rings (SSSR count). The third kappa shape index (κ3) is 3.88. The van der Waals surface area contributed by atoms with Crippen LogP contribution in [0, 0.1) is 11.7 Å². The van der Waals surface area contributed by atoms with Gasteiger partial charge in [0.25, 0.3) is 0 Å². The quantitative estimate of drug-likeness (QED) is 0.792. The fourth-order valence-electron chi connectivity index (χ4n) is 3.36. The first-order valence-electron chi connectivity index (χ1n) is 8.21. The predicted octanol–water partition coefficient (Wildman–Crippen LogP) is 1.76. The number of carbonyl (C=O) groups excluding carboxylic acids is 2. The molecule has 2 aliphatic heterocycles. The number of halogens is 1. The van der Waals surface area contributed by atoms with Gasteiger partial charge in [0.2, 0.25) is 11.8 Å². The Morgan fingerprint density at radius 1 is 1.39 bits per heavy atom. The molecule has 2 unspecified atom stereocenters. The highest BCUT2D eigenvalue weighted by Gasteiger charge is 2.30. The van der Waals surface area contributed by atoms with Gasteiger partial charge in [-0.1, -0.05) is 6.07 Å². The van der Waals surface area contributed by atoms with Gasteiger partial charge in [-0.05, 0) is 56.0 Å². The molecule has 0 spiro atoms. The summed E-state index contributed by atoms with van der Waals surface area (Å²) in [6, 6.07) is 4.17. The van der Waals surface area contributed by atoms with Crippen LogP contribution in [-0.4, -0.2) is 31.4 Å². The molecule has 0 aliphatic carbocycles. The minimum atomic E-state index is -0.538. The van der Waals surface area contributed by atoms with E-state index in [4.69, 9.17) is 0 Å². The molecule has 0 aromatic heterocycles. The van der Waals surface area contributed by atoms with Crippen molar-refractivity contribution in [2.75, 3.05) is 25.0 Å². The normalized spacial score (nSPS) is 23.8. The second-order valence-electron chi connectivity index (χ2n) is 6.33. The average molecular weight is 319 g/mol. The van der Waals surface area contributed by atoms with Crippen LogP contribution in [0.2, 0.25) is 0 Å². The van der Waals surface area contributed by atoms with Gasteiger partial charge in [-0.25, -0.2) is 4.39 Å². The van der Waals surface area contributed by atoms with E-state index in [2.05, 4.69) is 16.0 Å². The summed E-state index contributed by atoms with van der Waals surface area (Å²) in [7, 11) is 0. The number of benzene rings is 1. The van der Waals surface area contributed by atoms with Gasteiger partial charge in [-0.15, -0.1) is 0 Å². The third-order valence-corrected chi connectivity index (χ3v) is 4.62. The van der Waals surface area contributed by atoms with Gasteiger partial charge >= 0.3 is 0 Å². The largest absolute Gasteiger partial charge is 0.356 e. The lowest BCUT2D eigenvalue weighted by atomic mass is 9.89. The van der Waals surface area contributed by atoms with E-state index in [1.54, 1.807) is 6.07 Å². The van der Waals surface area contributed by atoms with Gasteiger partial charge in [0.05, 0.1) is 5.92 Å². The molecule has 2 aliphatic rings. The zero-order valence-electron chi connectivity index (χ0n) is 13.0. The van der Waals surface area contributed by atoms with Crippen molar-refractivity contribution in [2.45, 2.75) is 31.6 Å². The Morgan fingerprint density at radius 3 is 3.04 bits per heavy atom. The van der Waals surface area contributed by atoms with Crippen molar-refractivity contribution in [3.8, 4) is 0 Å². The number of carbonyl (C=O) groups is 2. The zero-order chi connectivity index (χ0) is 16.2. The molecule has 5 nitrogen and oxygen atoms in total. The molecule has 2 atom stereocenters. The van der Waals surface area contributed by atoms with Crippen molar-refractivity contribution in [1.82, 2.24) is 10.6 Å². The summed E-state index contributed by atoms with van der Waals surface area (Å²) in [5.74, 6) is -0.768. The van der Waals surface area contributed by atoms with Gasteiger partial charge in [-0.2, -0.15) is 0 Å². The Labute approximate surface area is 135 Å². The molecule has 0 saturated carbocycles. The number of rotatable bonds is 4. The predicted molar refractivity (Wildman–Crippen MR) is 85.6 cm³/mol. The fourth-order valence-corrected chi connectivity index (χ4v) is 3.36. The van der Waals surface area contributed by atoms with Gasteiger partial charge in [0.1, 0.15) is 5.82 Å². The summed E-state index contributed by atoms with van der Waals surface area (Å²) < 4.78 is 13.3. The number of anilines is 1. The Hall–Kier alpha value is -1.95. The van der Waals surface area contributed by atoms with Crippen LogP contribution in [0.3, 0.4) is 0 Å². The van der Waals surface area contributed by atoms with E-state index in [0.29, 0.717) is 23.7 Å². The van der Waals surface area contributed by atoms with E-state index in [-0.39, 0.29) is 18.2 Å². The lowest BCUT2D eigenvalue weighted by Gasteiger charge is -2.26. The molecule has 1 saturated heterocycles. The summed E-state index contributed by atoms with van der Waals surface area (Å²) in [5.41, 5.74) is 1.08. The number of fused-ring (bicyclic) bond motifs is 1. The van der Waals surface area contributed by atoms with Crippen LogP contribution < -0.4 is 16.0 Å². The van der Waals surface area contributed by atoms with Gasteiger partial charge in [-0.3, -0.25) is 9.59 Å². The average Bonchev–Trinajstić information content (AvgIpc) is 2.54. The first-order chi connectivity index (χ1) is 11.1. The maximum atomic E-state index is 13.3. The van der Waals surface area contributed by atoms with Crippen LogP contribution in [0.5, 0.6) is 0 Å². The second-order valence-corrected chi connectivity index (χ2v) is 6.33. The summed E-state index contributed by atoms with van der Waals surface area (Å²) in [6.45, 7) is 2.69. The topological polar surface area (TPSA) is 70.2 Å². The molecule has 1 fully saturated rings. The van der Waals surface area contributed by atoms with E-state index in [0.717, 1.165) is 19.5 Å². The summed E-state index contributed by atoms with van der Waals surface area (Å²) >= 11 is 0. The van der Waals surface area contributed by atoms with Crippen LogP contribution in [0.25, 0.3) is 0 Å². The van der Waals surface area contributed by atoms with Crippen LogP contribution in [0.15, 0.2) is 18.2 Å². The fraction of sp³-hybridized carbons (Fsp3) is 0.529. The third-order valence-electron chi connectivity index (χ3n) is 4.62. The number of hydrogen-bond donors (Lipinski definition) is 3. The number of hydrogen-bond acceptors (Lipinski definition) is 3. The molecule has 6 heteroatoms. The maximum absolute atomic E-state index is 13.3. The van der Waals surface area contributed by atoms with Gasteiger partial charge < -0.3 is 16.0 Å².